The quantitative estimate of drug-likeness (QED) is 0.843. The number of carbonyl (C=O) groups is 1. The molecule has 0 spiro atoms. The maximum absolute atomic E-state index is 11.9. The van der Waals surface area contributed by atoms with Crippen molar-refractivity contribution in [3.63, 3.8) is 0 Å². The van der Waals surface area contributed by atoms with Gasteiger partial charge in [0.05, 0.1) is 0 Å². The number of nitrogens with one attached hydrogen (secondary N) is 1. The summed E-state index contributed by atoms with van der Waals surface area (Å²) >= 11 is 5.86. The maximum atomic E-state index is 11.9. The molecule has 19 heavy (non-hydrogen) atoms. The Hall–Kier alpha value is -2.00. The molecule has 0 aromatic heterocycles. The number of rotatable bonds is 4. The third kappa shape index (κ3) is 4.00. The molecule has 1 amide bonds. The summed E-state index contributed by atoms with van der Waals surface area (Å²) in [6, 6.07) is 14.8. The van der Waals surface area contributed by atoms with Crippen LogP contribution in [0, 0.1) is 0 Å². The molecule has 4 heteroatoms. The van der Waals surface area contributed by atoms with Crippen LogP contribution in [0.25, 0.3) is 0 Å². The standard InChI is InChI=1S/C15H15ClN2O/c16-13-8-12(9-14(17)10-13)15(19)18-7-6-11-4-2-1-3-5-11/h1-5,8-10H,6-7,17H2,(H,18,19). The zero-order valence-electron chi connectivity index (χ0n) is 10.4. The van der Waals surface area contributed by atoms with Gasteiger partial charge in [0.25, 0.3) is 5.91 Å². The highest BCUT2D eigenvalue weighted by Gasteiger charge is 2.06. The van der Waals surface area contributed by atoms with Gasteiger partial charge in [-0.25, -0.2) is 0 Å². The first-order valence-corrected chi connectivity index (χ1v) is 6.41. The smallest absolute Gasteiger partial charge is 0.251 e. The van der Waals surface area contributed by atoms with Crippen LogP contribution in [0.3, 0.4) is 0 Å². The lowest BCUT2D eigenvalue weighted by atomic mass is 10.1. The van der Waals surface area contributed by atoms with Crippen molar-refractivity contribution in [2.24, 2.45) is 0 Å². The number of hydrogen-bond acceptors (Lipinski definition) is 2. The van der Waals surface area contributed by atoms with E-state index in [0.717, 1.165) is 6.42 Å². The van der Waals surface area contributed by atoms with Crippen molar-refractivity contribution >= 4 is 23.2 Å². The van der Waals surface area contributed by atoms with Crippen molar-refractivity contribution < 1.29 is 4.79 Å². The Balaban J connectivity index is 1.91. The number of nitrogens with two attached hydrogens (primary N) is 1. The summed E-state index contributed by atoms with van der Waals surface area (Å²) in [6.07, 6.45) is 0.794. The van der Waals surface area contributed by atoms with Crippen LogP contribution >= 0.6 is 11.6 Å². The zero-order valence-corrected chi connectivity index (χ0v) is 11.2. The number of carbonyl (C=O) groups excluding carboxylic acids is 1. The summed E-state index contributed by atoms with van der Waals surface area (Å²) in [6.45, 7) is 0.579. The molecule has 0 aliphatic carbocycles. The molecule has 3 nitrogen and oxygen atoms in total. The highest BCUT2D eigenvalue weighted by atomic mass is 35.5. The molecule has 0 fully saturated rings. The molecule has 0 atom stereocenters. The van der Waals surface area contributed by atoms with Crippen LogP contribution in [0.5, 0.6) is 0 Å². The Bertz CT molecular complexity index is 549. The number of hydrogen-bond donors (Lipinski definition) is 2. The monoisotopic (exact) mass is 274 g/mol. The predicted molar refractivity (Wildman–Crippen MR) is 78.3 cm³/mol. The Labute approximate surface area is 117 Å². The van der Waals surface area contributed by atoms with Crippen LogP contribution in [-0.4, -0.2) is 12.5 Å². The summed E-state index contributed by atoms with van der Waals surface area (Å²) < 4.78 is 0. The molecule has 0 radical (unpaired) electrons. The third-order valence-electron chi connectivity index (χ3n) is 2.72. The van der Waals surface area contributed by atoms with Crippen LogP contribution in [0.15, 0.2) is 48.5 Å². The van der Waals surface area contributed by atoms with Gasteiger partial charge in [-0.05, 0) is 30.2 Å². The lowest BCUT2D eigenvalue weighted by Crippen LogP contribution is -2.25. The van der Waals surface area contributed by atoms with Gasteiger partial charge in [-0.15, -0.1) is 0 Å². The highest BCUT2D eigenvalue weighted by molar-refractivity contribution is 6.31. The lowest BCUT2D eigenvalue weighted by molar-refractivity contribution is 0.0954. The summed E-state index contributed by atoms with van der Waals surface area (Å²) in [5.74, 6) is -0.162. The van der Waals surface area contributed by atoms with Crippen molar-refractivity contribution in [1.29, 1.82) is 0 Å². The normalized spacial score (nSPS) is 10.2. The second-order valence-corrected chi connectivity index (χ2v) is 4.70. The van der Waals surface area contributed by atoms with Crippen LogP contribution in [0.2, 0.25) is 5.02 Å². The van der Waals surface area contributed by atoms with E-state index in [1.54, 1.807) is 18.2 Å². The summed E-state index contributed by atoms with van der Waals surface area (Å²) in [4.78, 5) is 11.9. The van der Waals surface area contributed by atoms with Crippen LogP contribution in [-0.2, 0) is 6.42 Å². The van der Waals surface area contributed by atoms with Gasteiger partial charge in [-0.1, -0.05) is 41.9 Å². The van der Waals surface area contributed by atoms with E-state index >= 15 is 0 Å². The van der Waals surface area contributed by atoms with Crippen LogP contribution in [0.4, 0.5) is 5.69 Å². The van der Waals surface area contributed by atoms with Gasteiger partial charge in [0.15, 0.2) is 0 Å². The summed E-state index contributed by atoms with van der Waals surface area (Å²) in [7, 11) is 0. The molecule has 2 rings (SSSR count). The van der Waals surface area contributed by atoms with Crippen molar-refractivity contribution in [3.05, 3.63) is 64.7 Å². The van der Waals surface area contributed by atoms with Crippen LogP contribution < -0.4 is 11.1 Å². The molecule has 0 heterocycles. The van der Waals surface area contributed by atoms with E-state index in [4.69, 9.17) is 17.3 Å². The lowest BCUT2D eigenvalue weighted by Gasteiger charge is -2.06. The van der Waals surface area contributed by atoms with Gasteiger partial charge in [0, 0.05) is 22.8 Å². The van der Waals surface area contributed by atoms with Gasteiger partial charge in [-0.3, -0.25) is 4.79 Å². The maximum Gasteiger partial charge on any atom is 0.251 e. The fourth-order valence-corrected chi connectivity index (χ4v) is 2.05. The number of amides is 1. The first-order chi connectivity index (χ1) is 9.15. The second kappa shape index (κ2) is 6.25. The molecule has 0 saturated heterocycles. The van der Waals surface area contributed by atoms with E-state index in [-0.39, 0.29) is 5.91 Å². The van der Waals surface area contributed by atoms with Crippen molar-refractivity contribution in [2.45, 2.75) is 6.42 Å². The zero-order chi connectivity index (χ0) is 13.7. The minimum Gasteiger partial charge on any atom is -0.399 e. The predicted octanol–water partition coefficient (Wildman–Crippen LogP) is 2.89. The first kappa shape index (κ1) is 13.4. The van der Waals surface area contributed by atoms with E-state index in [1.165, 1.54) is 5.56 Å². The van der Waals surface area contributed by atoms with Crippen molar-refractivity contribution in [3.8, 4) is 0 Å². The van der Waals surface area contributed by atoms with E-state index in [1.807, 2.05) is 30.3 Å². The second-order valence-electron chi connectivity index (χ2n) is 4.26. The average Bonchev–Trinajstić information content (AvgIpc) is 2.38. The molecular weight excluding hydrogens is 260 g/mol. The molecule has 0 bridgehead atoms. The SMILES string of the molecule is Nc1cc(Cl)cc(C(=O)NCCc2ccccc2)c1. The molecule has 2 aromatic carbocycles. The molecule has 2 aromatic rings. The number of nitrogen functional groups attached to an aromatic ring is 1. The van der Waals surface area contributed by atoms with E-state index in [9.17, 15) is 4.79 Å². The Morgan fingerprint density at radius 3 is 2.58 bits per heavy atom. The van der Waals surface area contributed by atoms with Gasteiger partial charge in [0.2, 0.25) is 0 Å². The Morgan fingerprint density at radius 1 is 1.16 bits per heavy atom. The third-order valence-corrected chi connectivity index (χ3v) is 2.94. The molecule has 0 aliphatic heterocycles. The van der Waals surface area contributed by atoms with Crippen molar-refractivity contribution in [1.82, 2.24) is 5.32 Å². The molecule has 0 saturated carbocycles. The number of benzene rings is 2. The molecular formula is C15H15ClN2O. The molecule has 0 aliphatic rings. The van der Waals surface area contributed by atoms with Crippen molar-refractivity contribution in [2.75, 3.05) is 12.3 Å². The molecule has 3 N–H and O–H groups in total. The van der Waals surface area contributed by atoms with Gasteiger partial charge >= 0.3 is 0 Å². The Kier molecular flexibility index (Phi) is 4.42. The Morgan fingerprint density at radius 2 is 1.89 bits per heavy atom. The molecule has 98 valence electrons. The largest absolute Gasteiger partial charge is 0.399 e. The van der Waals surface area contributed by atoms with Gasteiger partial charge in [0.1, 0.15) is 0 Å². The van der Waals surface area contributed by atoms with Gasteiger partial charge in [-0.2, -0.15) is 0 Å². The summed E-state index contributed by atoms with van der Waals surface area (Å²) in [5.41, 5.74) is 7.81. The molecule has 0 unspecified atom stereocenters. The number of halogens is 1. The highest BCUT2D eigenvalue weighted by Crippen LogP contribution is 2.16. The van der Waals surface area contributed by atoms with E-state index in [2.05, 4.69) is 5.32 Å². The number of anilines is 1. The van der Waals surface area contributed by atoms with Gasteiger partial charge < -0.3 is 11.1 Å². The summed E-state index contributed by atoms with van der Waals surface area (Å²) in [5, 5.41) is 3.31. The fraction of sp³-hybridized carbons (Fsp3) is 0.133. The average molecular weight is 275 g/mol. The van der Waals surface area contributed by atoms with E-state index < -0.39 is 0 Å². The van der Waals surface area contributed by atoms with Crippen LogP contribution in [0.1, 0.15) is 15.9 Å². The first-order valence-electron chi connectivity index (χ1n) is 6.03. The van der Waals surface area contributed by atoms with E-state index in [0.29, 0.717) is 22.8 Å². The minimum atomic E-state index is -0.162. The minimum absolute atomic E-state index is 0.162. The topological polar surface area (TPSA) is 55.1 Å². The fourth-order valence-electron chi connectivity index (χ4n) is 1.81.